The number of nitrogens with zero attached hydrogens (tertiary/aromatic N) is 3. The summed E-state index contributed by atoms with van der Waals surface area (Å²) in [5.41, 5.74) is 7.32. The summed E-state index contributed by atoms with van der Waals surface area (Å²) in [5.74, 6) is 0.0966. The van der Waals surface area contributed by atoms with Gasteiger partial charge in [0.2, 0.25) is 11.0 Å². The van der Waals surface area contributed by atoms with Crippen molar-refractivity contribution in [1.29, 1.82) is 0 Å². The number of carbonyl (C=O) groups excluding carboxylic acids is 1. The minimum absolute atomic E-state index is 0.140. The van der Waals surface area contributed by atoms with Crippen LogP contribution in [0.2, 0.25) is 0 Å². The number of nitrogens with one attached hydrogen (secondary N) is 1. The van der Waals surface area contributed by atoms with E-state index in [1.807, 2.05) is 29.6 Å². The Morgan fingerprint density at radius 3 is 3.00 bits per heavy atom. The molecule has 23 heavy (non-hydrogen) atoms. The standard InChI is InChI=1S/C13H10BrN5OS3/c14-8-3-1-2-7(4-8)9-5-21-12(16-9)17-10(20)6-22-13-19-18-11(15)23-13/h1-5H,6H2,(H2,15,18)(H,16,17,20). The number of nitrogens with two attached hydrogens (primary N) is 1. The average Bonchev–Trinajstić information content (AvgIpc) is 3.14. The first-order valence-corrected chi connectivity index (χ1v) is 9.81. The van der Waals surface area contributed by atoms with Gasteiger partial charge in [0.15, 0.2) is 9.47 Å². The molecule has 0 atom stereocenters. The number of rotatable bonds is 5. The van der Waals surface area contributed by atoms with E-state index < -0.39 is 0 Å². The summed E-state index contributed by atoms with van der Waals surface area (Å²) in [7, 11) is 0. The second kappa shape index (κ2) is 7.39. The van der Waals surface area contributed by atoms with Crippen molar-refractivity contribution in [3.8, 4) is 11.3 Å². The fourth-order valence-corrected chi connectivity index (χ4v) is 4.24. The van der Waals surface area contributed by atoms with E-state index in [9.17, 15) is 4.79 Å². The molecular weight excluding hydrogens is 418 g/mol. The number of thiazole rings is 1. The molecule has 0 saturated carbocycles. The highest BCUT2D eigenvalue weighted by molar-refractivity contribution is 9.10. The molecule has 2 heterocycles. The Bertz CT molecular complexity index is 834. The van der Waals surface area contributed by atoms with Gasteiger partial charge < -0.3 is 11.1 Å². The van der Waals surface area contributed by atoms with Gasteiger partial charge in [0.1, 0.15) is 0 Å². The van der Waals surface area contributed by atoms with Crippen molar-refractivity contribution in [3.63, 3.8) is 0 Å². The number of thioether (sulfide) groups is 1. The third-order valence-corrected chi connectivity index (χ3v) is 5.76. The smallest absolute Gasteiger partial charge is 0.236 e. The van der Waals surface area contributed by atoms with Crippen LogP contribution in [-0.2, 0) is 4.79 Å². The summed E-state index contributed by atoms with van der Waals surface area (Å²) in [4.78, 5) is 16.4. The predicted octanol–water partition coefficient (Wildman–Crippen LogP) is 3.74. The molecular formula is C13H10BrN5OS3. The number of aromatic nitrogens is 3. The van der Waals surface area contributed by atoms with Gasteiger partial charge in [0.25, 0.3) is 0 Å². The van der Waals surface area contributed by atoms with Crippen molar-refractivity contribution in [2.75, 3.05) is 16.8 Å². The maximum atomic E-state index is 11.9. The highest BCUT2D eigenvalue weighted by Gasteiger charge is 2.10. The van der Waals surface area contributed by atoms with E-state index in [1.165, 1.54) is 34.4 Å². The second-order valence-corrected chi connectivity index (χ2v) is 8.30. The van der Waals surface area contributed by atoms with Crippen LogP contribution in [0.25, 0.3) is 11.3 Å². The quantitative estimate of drug-likeness (QED) is 0.602. The second-order valence-electron chi connectivity index (χ2n) is 4.29. The fourth-order valence-electron chi connectivity index (χ4n) is 1.67. The summed E-state index contributed by atoms with van der Waals surface area (Å²) in [6.45, 7) is 0. The Hall–Kier alpha value is -1.49. The number of anilines is 2. The minimum atomic E-state index is -0.140. The zero-order valence-corrected chi connectivity index (χ0v) is 15.6. The van der Waals surface area contributed by atoms with Gasteiger partial charge in [0.05, 0.1) is 11.4 Å². The van der Waals surface area contributed by atoms with Crippen LogP contribution in [0.15, 0.2) is 38.5 Å². The summed E-state index contributed by atoms with van der Waals surface area (Å²) in [6, 6.07) is 7.86. The van der Waals surface area contributed by atoms with E-state index in [-0.39, 0.29) is 11.7 Å². The first kappa shape index (κ1) is 16.4. The zero-order chi connectivity index (χ0) is 16.2. The molecule has 1 aromatic carbocycles. The maximum Gasteiger partial charge on any atom is 0.236 e. The SMILES string of the molecule is Nc1nnc(SCC(=O)Nc2nc(-c3cccc(Br)c3)cs2)s1. The Kier molecular flexibility index (Phi) is 5.26. The van der Waals surface area contributed by atoms with Crippen molar-refractivity contribution in [2.45, 2.75) is 4.34 Å². The molecule has 0 spiro atoms. The molecule has 2 aromatic heterocycles. The molecule has 0 aliphatic rings. The van der Waals surface area contributed by atoms with E-state index in [0.717, 1.165) is 15.7 Å². The number of hydrogen-bond donors (Lipinski definition) is 2. The van der Waals surface area contributed by atoms with E-state index in [2.05, 4.69) is 36.4 Å². The summed E-state index contributed by atoms with van der Waals surface area (Å²) in [5, 5.41) is 13.2. The monoisotopic (exact) mass is 427 g/mol. The molecule has 118 valence electrons. The largest absolute Gasteiger partial charge is 0.374 e. The molecule has 3 rings (SSSR count). The summed E-state index contributed by atoms with van der Waals surface area (Å²) in [6.07, 6.45) is 0. The zero-order valence-electron chi connectivity index (χ0n) is 11.5. The average molecular weight is 428 g/mol. The van der Waals surface area contributed by atoms with Crippen LogP contribution >= 0.6 is 50.4 Å². The molecule has 0 aliphatic carbocycles. The van der Waals surface area contributed by atoms with E-state index >= 15 is 0 Å². The first-order valence-electron chi connectivity index (χ1n) is 6.33. The minimum Gasteiger partial charge on any atom is -0.374 e. The molecule has 10 heteroatoms. The third kappa shape index (κ3) is 4.50. The number of nitrogen functional groups attached to an aromatic ring is 1. The van der Waals surface area contributed by atoms with Crippen LogP contribution < -0.4 is 11.1 Å². The molecule has 0 bridgehead atoms. The van der Waals surface area contributed by atoms with Crippen molar-refractivity contribution in [2.24, 2.45) is 0 Å². The lowest BCUT2D eigenvalue weighted by Gasteiger charge is -2.00. The van der Waals surface area contributed by atoms with Crippen LogP contribution in [0.1, 0.15) is 0 Å². The topological polar surface area (TPSA) is 93.8 Å². The first-order chi connectivity index (χ1) is 11.1. The fraction of sp³-hybridized carbons (Fsp3) is 0.0769. The molecule has 0 unspecified atom stereocenters. The highest BCUT2D eigenvalue weighted by atomic mass is 79.9. The third-order valence-electron chi connectivity index (χ3n) is 2.62. The molecule has 6 nitrogen and oxygen atoms in total. The van der Waals surface area contributed by atoms with Crippen molar-refractivity contribution in [1.82, 2.24) is 15.2 Å². The van der Waals surface area contributed by atoms with Gasteiger partial charge >= 0.3 is 0 Å². The van der Waals surface area contributed by atoms with Gasteiger partial charge in [0, 0.05) is 15.4 Å². The Morgan fingerprint density at radius 1 is 1.39 bits per heavy atom. The van der Waals surface area contributed by atoms with Crippen molar-refractivity contribution in [3.05, 3.63) is 34.1 Å². The van der Waals surface area contributed by atoms with Gasteiger partial charge in [-0.05, 0) is 12.1 Å². The lowest BCUT2D eigenvalue weighted by molar-refractivity contribution is -0.113. The number of benzene rings is 1. The molecule has 0 saturated heterocycles. The van der Waals surface area contributed by atoms with Crippen molar-refractivity contribution >= 4 is 66.5 Å². The van der Waals surface area contributed by atoms with Crippen LogP contribution in [0.4, 0.5) is 10.3 Å². The van der Waals surface area contributed by atoms with Gasteiger partial charge in [-0.2, -0.15) is 0 Å². The lowest BCUT2D eigenvalue weighted by Crippen LogP contribution is -2.13. The molecule has 3 N–H and O–H groups in total. The van der Waals surface area contributed by atoms with Gasteiger partial charge in [-0.15, -0.1) is 21.5 Å². The van der Waals surface area contributed by atoms with Crippen LogP contribution in [0.3, 0.4) is 0 Å². The molecule has 3 aromatic rings. The van der Waals surface area contributed by atoms with Gasteiger partial charge in [-0.3, -0.25) is 4.79 Å². The van der Waals surface area contributed by atoms with E-state index in [4.69, 9.17) is 5.73 Å². The van der Waals surface area contributed by atoms with Gasteiger partial charge in [-0.1, -0.05) is 51.2 Å². The Morgan fingerprint density at radius 2 is 2.26 bits per heavy atom. The predicted molar refractivity (Wildman–Crippen MR) is 98.9 cm³/mol. The van der Waals surface area contributed by atoms with Crippen LogP contribution in [-0.4, -0.2) is 26.8 Å². The number of carbonyl (C=O) groups is 1. The van der Waals surface area contributed by atoms with Crippen LogP contribution in [0, 0.1) is 0 Å². The molecule has 1 amide bonds. The summed E-state index contributed by atoms with van der Waals surface area (Å²) < 4.78 is 1.66. The van der Waals surface area contributed by atoms with E-state index in [0.29, 0.717) is 14.6 Å². The highest BCUT2D eigenvalue weighted by Crippen LogP contribution is 2.27. The molecule has 0 radical (unpaired) electrons. The normalized spacial score (nSPS) is 10.7. The van der Waals surface area contributed by atoms with Gasteiger partial charge in [-0.25, -0.2) is 4.98 Å². The number of hydrogen-bond acceptors (Lipinski definition) is 8. The lowest BCUT2D eigenvalue weighted by atomic mass is 10.2. The van der Waals surface area contributed by atoms with E-state index in [1.54, 1.807) is 0 Å². The number of halogens is 1. The maximum absolute atomic E-state index is 11.9. The Labute approximate surface area is 152 Å². The van der Waals surface area contributed by atoms with Crippen molar-refractivity contribution < 1.29 is 4.79 Å². The molecule has 0 fully saturated rings. The Balaban J connectivity index is 1.59. The van der Waals surface area contributed by atoms with Crippen LogP contribution in [0.5, 0.6) is 0 Å². The molecule has 0 aliphatic heterocycles. The summed E-state index contributed by atoms with van der Waals surface area (Å²) >= 11 is 7.38. The number of amides is 1.